The molecule has 0 bridgehead atoms. The van der Waals surface area contributed by atoms with Crippen LogP contribution in [0.1, 0.15) is 30.6 Å². The fraction of sp³-hybridized carbons (Fsp3) is 0.643. The minimum absolute atomic E-state index is 0.0580. The van der Waals surface area contributed by atoms with E-state index in [1.165, 1.54) is 11.3 Å². The van der Waals surface area contributed by atoms with Crippen LogP contribution < -0.4 is 0 Å². The van der Waals surface area contributed by atoms with Crippen molar-refractivity contribution >= 4 is 17.2 Å². The number of alkyl halides is 3. The Hall–Kier alpha value is -1.08. The molecule has 2 atom stereocenters. The van der Waals surface area contributed by atoms with Crippen molar-refractivity contribution < 1.29 is 23.1 Å². The van der Waals surface area contributed by atoms with Gasteiger partial charge in [0.15, 0.2) is 6.10 Å². The lowest BCUT2D eigenvalue weighted by Gasteiger charge is -2.35. The number of likely N-dealkylation sites (tertiary alicyclic amines) is 1. The van der Waals surface area contributed by atoms with Gasteiger partial charge in [-0.05, 0) is 37.1 Å². The second-order valence-electron chi connectivity index (χ2n) is 5.39. The van der Waals surface area contributed by atoms with Crippen LogP contribution in [-0.2, 0) is 4.79 Å². The van der Waals surface area contributed by atoms with Crippen molar-refractivity contribution in [1.82, 2.24) is 4.90 Å². The van der Waals surface area contributed by atoms with Crippen LogP contribution in [0.2, 0.25) is 0 Å². The fourth-order valence-electron chi connectivity index (χ4n) is 2.64. The minimum atomic E-state index is -4.58. The van der Waals surface area contributed by atoms with Gasteiger partial charge in [-0.25, -0.2) is 0 Å². The van der Waals surface area contributed by atoms with Gasteiger partial charge in [-0.2, -0.15) is 13.2 Å². The quantitative estimate of drug-likeness (QED) is 0.930. The number of aliphatic hydroxyl groups is 1. The molecule has 1 aromatic heterocycles. The van der Waals surface area contributed by atoms with Crippen LogP contribution in [0.4, 0.5) is 13.2 Å². The third-order valence-corrected chi connectivity index (χ3v) is 5.03. The predicted molar refractivity (Wildman–Crippen MR) is 74.1 cm³/mol. The number of hydrogen-bond acceptors (Lipinski definition) is 3. The molecule has 2 rings (SSSR count). The molecule has 2 heterocycles. The SMILES string of the molecule is CC(C(=O)N1CCC(C(O)C(F)(F)F)CC1)c1cccs1. The molecule has 1 aromatic rings. The Morgan fingerprint density at radius 3 is 2.52 bits per heavy atom. The first kappa shape index (κ1) is 16.3. The summed E-state index contributed by atoms with van der Waals surface area (Å²) in [5.41, 5.74) is 0. The zero-order chi connectivity index (χ0) is 15.6. The number of nitrogens with zero attached hydrogens (tertiary/aromatic N) is 1. The molecule has 1 aliphatic heterocycles. The molecule has 118 valence electrons. The molecule has 1 N–H and O–H groups in total. The molecule has 0 spiro atoms. The molecular formula is C14H18F3NO2S. The molecule has 1 aliphatic rings. The predicted octanol–water partition coefficient (Wildman–Crippen LogP) is 3.01. The molecule has 0 saturated carbocycles. The summed E-state index contributed by atoms with van der Waals surface area (Å²) in [5, 5.41) is 11.2. The zero-order valence-corrected chi connectivity index (χ0v) is 12.5. The average molecular weight is 321 g/mol. The Labute approximate surface area is 125 Å². The number of halogens is 3. The third kappa shape index (κ3) is 3.77. The summed E-state index contributed by atoms with van der Waals surface area (Å²) in [5.74, 6) is -1.14. The van der Waals surface area contributed by atoms with Crippen molar-refractivity contribution in [3.05, 3.63) is 22.4 Å². The molecule has 0 radical (unpaired) electrons. The van der Waals surface area contributed by atoms with E-state index in [9.17, 15) is 23.1 Å². The molecule has 2 unspecified atom stereocenters. The smallest absolute Gasteiger partial charge is 0.383 e. The Bertz CT molecular complexity index is 467. The lowest BCUT2D eigenvalue weighted by Crippen LogP contribution is -2.46. The molecular weight excluding hydrogens is 303 g/mol. The highest BCUT2D eigenvalue weighted by molar-refractivity contribution is 7.10. The second-order valence-corrected chi connectivity index (χ2v) is 6.37. The number of thiophene rings is 1. The van der Waals surface area contributed by atoms with Crippen molar-refractivity contribution in [2.24, 2.45) is 5.92 Å². The molecule has 0 aliphatic carbocycles. The largest absolute Gasteiger partial charge is 0.414 e. The van der Waals surface area contributed by atoms with Crippen LogP contribution in [0.25, 0.3) is 0 Å². The van der Waals surface area contributed by atoms with Crippen molar-refractivity contribution in [2.75, 3.05) is 13.1 Å². The van der Waals surface area contributed by atoms with E-state index in [2.05, 4.69) is 0 Å². The van der Waals surface area contributed by atoms with Crippen LogP contribution >= 0.6 is 11.3 Å². The first-order valence-electron chi connectivity index (χ1n) is 6.87. The summed E-state index contributed by atoms with van der Waals surface area (Å²) >= 11 is 1.50. The lowest BCUT2D eigenvalue weighted by atomic mass is 9.90. The molecule has 0 aromatic carbocycles. The number of aliphatic hydroxyl groups excluding tert-OH is 1. The number of hydrogen-bond donors (Lipinski definition) is 1. The van der Waals surface area contributed by atoms with E-state index >= 15 is 0 Å². The standard InChI is InChI=1S/C14H18F3NO2S/c1-9(11-3-2-8-21-11)13(20)18-6-4-10(5-7-18)12(19)14(15,16)17/h2-3,8-10,12,19H,4-7H2,1H3. The van der Waals surface area contributed by atoms with Gasteiger partial charge in [0.05, 0.1) is 5.92 Å². The summed E-state index contributed by atoms with van der Waals surface area (Å²) < 4.78 is 37.4. The number of rotatable bonds is 3. The number of amides is 1. The van der Waals surface area contributed by atoms with Gasteiger partial charge >= 0.3 is 6.18 Å². The van der Waals surface area contributed by atoms with E-state index in [-0.39, 0.29) is 37.8 Å². The molecule has 7 heteroatoms. The normalized spacial score (nSPS) is 20.3. The van der Waals surface area contributed by atoms with Crippen LogP contribution in [0, 0.1) is 5.92 Å². The summed E-state index contributed by atoms with van der Waals surface area (Å²) in [4.78, 5) is 14.9. The van der Waals surface area contributed by atoms with Crippen LogP contribution in [-0.4, -0.2) is 41.3 Å². The van der Waals surface area contributed by atoms with E-state index in [0.717, 1.165) is 4.88 Å². The van der Waals surface area contributed by atoms with Gasteiger partial charge in [0.25, 0.3) is 0 Å². The van der Waals surface area contributed by atoms with Crippen molar-refractivity contribution in [1.29, 1.82) is 0 Å². The molecule has 3 nitrogen and oxygen atoms in total. The Balaban J connectivity index is 1.90. The topological polar surface area (TPSA) is 40.5 Å². The van der Waals surface area contributed by atoms with Crippen LogP contribution in [0.3, 0.4) is 0 Å². The van der Waals surface area contributed by atoms with E-state index in [4.69, 9.17) is 0 Å². The number of carbonyl (C=O) groups is 1. The van der Waals surface area contributed by atoms with Gasteiger partial charge in [0.2, 0.25) is 5.91 Å². The van der Waals surface area contributed by atoms with Gasteiger partial charge in [0, 0.05) is 18.0 Å². The van der Waals surface area contributed by atoms with E-state index in [1.54, 1.807) is 4.90 Å². The van der Waals surface area contributed by atoms with Crippen molar-refractivity contribution in [3.8, 4) is 0 Å². The Kier molecular flexibility index (Phi) is 4.93. The zero-order valence-electron chi connectivity index (χ0n) is 11.6. The first-order chi connectivity index (χ1) is 9.80. The van der Waals surface area contributed by atoms with E-state index < -0.39 is 18.2 Å². The molecule has 1 fully saturated rings. The monoisotopic (exact) mass is 321 g/mol. The minimum Gasteiger partial charge on any atom is -0.383 e. The second kappa shape index (κ2) is 6.36. The van der Waals surface area contributed by atoms with Gasteiger partial charge in [-0.15, -0.1) is 11.3 Å². The van der Waals surface area contributed by atoms with E-state index in [1.807, 2.05) is 24.4 Å². The maximum Gasteiger partial charge on any atom is 0.414 e. The van der Waals surface area contributed by atoms with Crippen molar-refractivity contribution in [2.45, 2.75) is 38.0 Å². The summed E-state index contributed by atoms with van der Waals surface area (Å²) in [7, 11) is 0. The lowest BCUT2D eigenvalue weighted by molar-refractivity contribution is -0.223. The number of piperidine rings is 1. The number of carbonyl (C=O) groups excluding carboxylic acids is 1. The highest BCUT2D eigenvalue weighted by atomic mass is 32.1. The highest BCUT2D eigenvalue weighted by Gasteiger charge is 2.44. The van der Waals surface area contributed by atoms with Crippen molar-refractivity contribution in [3.63, 3.8) is 0 Å². The Morgan fingerprint density at radius 1 is 1.43 bits per heavy atom. The third-order valence-electron chi connectivity index (χ3n) is 3.97. The highest BCUT2D eigenvalue weighted by Crippen LogP contribution is 2.32. The maximum atomic E-state index is 12.5. The summed E-state index contributed by atoms with van der Waals surface area (Å²) in [6.07, 6.45) is -6.50. The van der Waals surface area contributed by atoms with Crippen LogP contribution in [0.5, 0.6) is 0 Å². The van der Waals surface area contributed by atoms with Gasteiger partial charge in [-0.3, -0.25) is 4.79 Å². The van der Waals surface area contributed by atoms with Gasteiger partial charge < -0.3 is 10.0 Å². The van der Waals surface area contributed by atoms with Gasteiger partial charge in [-0.1, -0.05) is 6.07 Å². The maximum absolute atomic E-state index is 12.5. The molecule has 21 heavy (non-hydrogen) atoms. The molecule has 1 saturated heterocycles. The van der Waals surface area contributed by atoms with Gasteiger partial charge in [0.1, 0.15) is 0 Å². The average Bonchev–Trinajstić information content (AvgIpc) is 2.98. The fourth-order valence-corrected chi connectivity index (χ4v) is 3.41. The van der Waals surface area contributed by atoms with Crippen LogP contribution in [0.15, 0.2) is 17.5 Å². The Morgan fingerprint density at radius 2 is 2.05 bits per heavy atom. The van der Waals surface area contributed by atoms with E-state index in [0.29, 0.717) is 0 Å². The summed E-state index contributed by atoms with van der Waals surface area (Å²) in [6.45, 7) is 2.35. The first-order valence-corrected chi connectivity index (χ1v) is 7.75. The molecule has 1 amide bonds. The summed E-state index contributed by atoms with van der Waals surface area (Å²) in [6, 6.07) is 3.75.